The van der Waals surface area contributed by atoms with Gasteiger partial charge in [-0.2, -0.15) is 8.42 Å². The Morgan fingerprint density at radius 1 is 1.26 bits per heavy atom. The maximum Gasteiger partial charge on any atom is 0.309 e. The predicted octanol–water partition coefficient (Wildman–Crippen LogP) is 3.84. The van der Waals surface area contributed by atoms with E-state index in [9.17, 15) is 22.9 Å². The first kappa shape index (κ1) is 21.5. The molecule has 0 heterocycles. The summed E-state index contributed by atoms with van der Waals surface area (Å²) in [7, 11) is -4.31. The number of carboxylic acids is 1. The lowest BCUT2D eigenvalue weighted by Gasteiger charge is -2.53. The van der Waals surface area contributed by atoms with Gasteiger partial charge in [0.15, 0.2) is 0 Å². The number of hydrogen-bond acceptors (Lipinski definition) is 3. The van der Waals surface area contributed by atoms with E-state index in [1.807, 2.05) is 19.9 Å². The molecule has 3 rings (SSSR count). The third-order valence-corrected chi connectivity index (χ3v) is 7.62. The van der Waals surface area contributed by atoms with Crippen LogP contribution in [0, 0.1) is 24.2 Å². The summed E-state index contributed by atoms with van der Waals surface area (Å²) < 4.78 is 33.4. The van der Waals surface area contributed by atoms with Crippen LogP contribution in [-0.4, -0.2) is 24.0 Å². The molecule has 1 aromatic carbocycles. The van der Waals surface area contributed by atoms with E-state index < -0.39 is 21.5 Å². The second-order valence-corrected chi connectivity index (χ2v) is 9.42. The molecule has 0 bridgehead atoms. The van der Waals surface area contributed by atoms with Gasteiger partial charge in [-0.1, -0.05) is 26.3 Å². The Morgan fingerprint density at radius 2 is 1.89 bits per heavy atom. The molecule has 1 aromatic rings. The van der Waals surface area contributed by atoms with Gasteiger partial charge >= 0.3 is 5.97 Å². The Kier molecular flexibility index (Phi) is 5.79. The van der Waals surface area contributed by atoms with E-state index in [0.29, 0.717) is 18.4 Å². The van der Waals surface area contributed by atoms with Crippen LogP contribution in [0.5, 0.6) is 0 Å². The molecule has 0 saturated heterocycles. The minimum absolute atomic E-state index is 0.0294. The zero-order valence-corrected chi connectivity index (χ0v) is 17.0. The molecule has 5 nitrogen and oxygen atoms in total. The van der Waals surface area contributed by atoms with Crippen molar-refractivity contribution in [1.29, 1.82) is 0 Å². The largest absolute Gasteiger partial charge is 0.481 e. The fourth-order valence-corrected chi connectivity index (χ4v) is 6.12. The van der Waals surface area contributed by atoms with Crippen molar-refractivity contribution in [1.82, 2.24) is 0 Å². The lowest BCUT2D eigenvalue weighted by Crippen LogP contribution is -2.52. The van der Waals surface area contributed by atoms with Crippen molar-refractivity contribution < 1.29 is 22.9 Å². The molecular formula is C21H28O5S. The molecule has 27 heavy (non-hydrogen) atoms. The van der Waals surface area contributed by atoms with Crippen molar-refractivity contribution >= 4 is 16.1 Å². The van der Waals surface area contributed by atoms with Crippen molar-refractivity contribution in [3.63, 3.8) is 0 Å². The fourth-order valence-electron chi connectivity index (χ4n) is 5.32. The summed E-state index contributed by atoms with van der Waals surface area (Å²) in [6, 6.07) is 3.51. The molecule has 1 unspecified atom stereocenters. The summed E-state index contributed by atoms with van der Waals surface area (Å²) in [5.74, 6) is -0.812. The van der Waals surface area contributed by atoms with Crippen molar-refractivity contribution in [2.24, 2.45) is 11.3 Å². The molecule has 2 aliphatic carbocycles. The first-order valence-corrected chi connectivity index (χ1v) is 10.7. The Balaban J connectivity index is 0.00000126. The normalized spacial score (nSPS) is 29.6. The average Bonchev–Trinajstić information content (AvgIpc) is 2.61. The number of carboxylic acid groups (broad SMARTS) is 1. The minimum atomic E-state index is -4.31. The van der Waals surface area contributed by atoms with Gasteiger partial charge in [-0.15, -0.1) is 12.8 Å². The van der Waals surface area contributed by atoms with Crippen LogP contribution in [-0.2, 0) is 33.2 Å². The maximum absolute atomic E-state index is 12.0. The molecule has 0 aliphatic heterocycles. The van der Waals surface area contributed by atoms with Gasteiger partial charge in [0.2, 0.25) is 0 Å². The van der Waals surface area contributed by atoms with E-state index in [2.05, 4.69) is 19.8 Å². The molecule has 1 saturated carbocycles. The van der Waals surface area contributed by atoms with E-state index in [1.165, 1.54) is 0 Å². The van der Waals surface area contributed by atoms with Crippen LogP contribution in [0.3, 0.4) is 0 Å². The Labute approximate surface area is 161 Å². The van der Waals surface area contributed by atoms with E-state index in [4.69, 9.17) is 0 Å². The highest BCUT2D eigenvalue weighted by Gasteiger charge is 2.55. The smallest absolute Gasteiger partial charge is 0.309 e. The predicted molar refractivity (Wildman–Crippen MR) is 104 cm³/mol. The first-order valence-electron chi connectivity index (χ1n) is 9.24. The van der Waals surface area contributed by atoms with Crippen LogP contribution in [0.15, 0.2) is 17.0 Å². The molecule has 2 aliphatic rings. The van der Waals surface area contributed by atoms with E-state index in [0.717, 1.165) is 36.8 Å². The van der Waals surface area contributed by atoms with Gasteiger partial charge in [0, 0.05) is 0 Å². The molecule has 1 fully saturated rings. The fraction of sp³-hybridized carbons (Fsp3) is 0.571. The number of hydrogen-bond donors (Lipinski definition) is 2. The van der Waals surface area contributed by atoms with E-state index in [1.54, 1.807) is 6.07 Å². The molecule has 0 aromatic heterocycles. The van der Waals surface area contributed by atoms with Crippen molar-refractivity contribution in [3.05, 3.63) is 28.8 Å². The minimum Gasteiger partial charge on any atom is -0.481 e. The van der Waals surface area contributed by atoms with Gasteiger partial charge < -0.3 is 5.11 Å². The summed E-state index contributed by atoms with van der Waals surface area (Å²) in [5.41, 5.74) is 1.44. The lowest BCUT2D eigenvalue weighted by molar-refractivity contribution is -0.157. The Morgan fingerprint density at radius 3 is 2.41 bits per heavy atom. The van der Waals surface area contributed by atoms with Crippen LogP contribution in [0.2, 0.25) is 0 Å². The van der Waals surface area contributed by atoms with Crippen molar-refractivity contribution in [2.45, 2.75) is 69.6 Å². The number of fused-ring (bicyclic) bond motifs is 3. The van der Waals surface area contributed by atoms with Gasteiger partial charge in [0.1, 0.15) is 0 Å². The third kappa shape index (κ3) is 3.39. The number of carbonyl (C=O) groups is 1. The number of aryl methyl sites for hydroxylation is 2. The SMILES string of the molecule is C#C.CCc1cc2c(cc1S(=O)(=O)O)[C@@]1(C)CCC[C@@](C)(C(=O)O)C1CC2. The molecule has 0 amide bonds. The molecular weight excluding hydrogens is 364 g/mol. The highest BCUT2D eigenvalue weighted by molar-refractivity contribution is 7.85. The van der Waals surface area contributed by atoms with Crippen molar-refractivity contribution in [3.8, 4) is 12.8 Å². The van der Waals surface area contributed by atoms with E-state index in [-0.39, 0.29) is 16.2 Å². The standard InChI is InChI=1S/C19H26O5S.C2H2/c1-4-12-10-13-6-7-16-18(2,8-5-9-19(16,3)17(20)21)14(13)11-15(12)25(22,23)24;1-2/h10-11,16H,4-9H2,1-3H3,(H,20,21)(H,22,23,24);1-2H/t16?,18-,19-;/m1./s1. The Bertz CT molecular complexity index is 870. The quantitative estimate of drug-likeness (QED) is 0.602. The zero-order valence-electron chi connectivity index (χ0n) is 16.2. The van der Waals surface area contributed by atoms with Gasteiger partial charge in [-0.25, -0.2) is 0 Å². The highest BCUT2D eigenvalue weighted by Crippen LogP contribution is 2.57. The van der Waals surface area contributed by atoms with Gasteiger partial charge in [0.05, 0.1) is 10.3 Å². The zero-order chi connectivity index (χ0) is 20.6. The van der Waals surface area contributed by atoms with Gasteiger partial charge in [-0.3, -0.25) is 9.35 Å². The van der Waals surface area contributed by atoms with Crippen molar-refractivity contribution in [2.75, 3.05) is 0 Å². The van der Waals surface area contributed by atoms with Gasteiger partial charge in [-0.05, 0) is 73.1 Å². The molecule has 0 spiro atoms. The number of benzene rings is 1. The average molecular weight is 393 g/mol. The molecule has 3 atom stereocenters. The monoisotopic (exact) mass is 392 g/mol. The van der Waals surface area contributed by atoms with Crippen LogP contribution in [0.4, 0.5) is 0 Å². The summed E-state index contributed by atoms with van der Waals surface area (Å²) in [6.45, 7) is 5.76. The van der Waals surface area contributed by atoms with Crippen LogP contribution >= 0.6 is 0 Å². The number of terminal acetylenes is 1. The van der Waals surface area contributed by atoms with Crippen LogP contribution < -0.4 is 0 Å². The third-order valence-electron chi connectivity index (χ3n) is 6.68. The highest BCUT2D eigenvalue weighted by atomic mass is 32.2. The number of aliphatic carboxylic acids is 1. The summed E-state index contributed by atoms with van der Waals surface area (Å²) in [6.07, 6.45) is 12.3. The van der Waals surface area contributed by atoms with Crippen LogP contribution in [0.1, 0.15) is 63.1 Å². The molecule has 6 heteroatoms. The summed E-state index contributed by atoms with van der Waals surface area (Å²) in [5, 5.41) is 9.83. The first-order chi connectivity index (χ1) is 12.5. The second-order valence-electron chi connectivity index (χ2n) is 8.03. The Hall–Kier alpha value is -1.84. The molecule has 0 radical (unpaired) electrons. The summed E-state index contributed by atoms with van der Waals surface area (Å²) in [4.78, 5) is 11.9. The topological polar surface area (TPSA) is 91.7 Å². The summed E-state index contributed by atoms with van der Waals surface area (Å²) >= 11 is 0. The molecule has 148 valence electrons. The lowest BCUT2D eigenvalue weighted by atomic mass is 9.50. The van der Waals surface area contributed by atoms with Gasteiger partial charge in [0.25, 0.3) is 10.1 Å². The molecule has 2 N–H and O–H groups in total. The number of rotatable bonds is 3. The van der Waals surface area contributed by atoms with E-state index >= 15 is 0 Å². The van der Waals surface area contributed by atoms with Crippen LogP contribution in [0.25, 0.3) is 0 Å². The second kappa shape index (κ2) is 7.29. The maximum atomic E-state index is 12.0.